The summed E-state index contributed by atoms with van der Waals surface area (Å²) in [4.78, 5) is 12.3. The number of hydrogen-bond acceptors (Lipinski definition) is 4. The van der Waals surface area contributed by atoms with Gasteiger partial charge in [-0.1, -0.05) is 6.08 Å². The first-order valence-corrected chi connectivity index (χ1v) is 7.74. The van der Waals surface area contributed by atoms with Gasteiger partial charge in [-0.25, -0.2) is 4.99 Å². The van der Waals surface area contributed by atoms with Gasteiger partial charge in [0.2, 0.25) is 0 Å². The van der Waals surface area contributed by atoms with E-state index < -0.39 is 0 Å². The molecular weight excluding hydrogens is 300 g/mol. The van der Waals surface area contributed by atoms with E-state index in [0.717, 1.165) is 39.3 Å². The number of aliphatic imine (C=N–C) groups is 2. The lowest BCUT2D eigenvalue weighted by Crippen LogP contribution is -2.29. The van der Waals surface area contributed by atoms with Crippen LogP contribution in [0, 0.1) is 5.92 Å². The smallest absolute Gasteiger partial charge is 0.153 e. The molecule has 24 heavy (non-hydrogen) atoms. The molecule has 2 aliphatic heterocycles. The SMILES string of the molecule is C1=CC2C(c3cn[nH]c3)=CN=C2C(Nc2ccc3[nH]ccc3c2)=N1. The van der Waals surface area contributed by atoms with Gasteiger partial charge in [-0.15, -0.1) is 0 Å². The van der Waals surface area contributed by atoms with E-state index in [2.05, 4.69) is 54.8 Å². The molecule has 116 valence electrons. The number of nitrogens with zero attached hydrogens (tertiary/aromatic N) is 3. The Morgan fingerprint density at radius 3 is 3.04 bits per heavy atom. The van der Waals surface area contributed by atoms with Crippen molar-refractivity contribution >= 4 is 33.7 Å². The van der Waals surface area contributed by atoms with Crippen LogP contribution >= 0.6 is 0 Å². The van der Waals surface area contributed by atoms with Crippen LogP contribution in [0.5, 0.6) is 0 Å². The Hall–Kier alpha value is -3.41. The monoisotopic (exact) mass is 314 g/mol. The second-order valence-corrected chi connectivity index (χ2v) is 5.79. The summed E-state index contributed by atoms with van der Waals surface area (Å²) in [6.45, 7) is 0. The van der Waals surface area contributed by atoms with Crippen LogP contribution in [-0.2, 0) is 0 Å². The van der Waals surface area contributed by atoms with Crippen molar-refractivity contribution in [3.8, 4) is 0 Å². The topological polar surface area (TPSA) is 81.2 Å². The third kappa shape index (κ3) is 2.00. The Kier molecular flexibility index (Phi) is 2.75. The second kappa shape index (κ2) is 5.06. The van der Waals surface area contributed by atoms with Crippen LogP contribution in [-0.4, -0.2) is 26.7 Å². The molecule has 1 atom stereocenters. The third-order valence-electron chi connectivity index (χ3n) is 4.34. The van der Waals surface area contributed by atoms with Crippen molar-refractivity contribution in [3.05, 3.63) is 66.9 Å². The Balaban J connectivity index is 1.43. The second-order valence-electron chi connectivity index (χ2n) is 5.79. The van der Waals surface area contributed by atoms with Crippen molar-refractivity contribution in [1.82, 2.24) is 15.2 Å². The molecule has 0 bridgehead atoms. The number of H-pyrrole nitrogens is 2. The summed E-state index contributed by atoms with van der Waals surface area (Å²) in [5, 5.41) is 11.4. The zero-order valence-electron chi connectivity index (χ0n) is 12.7. The normalized spacial score (nSPS) is 19.0. The quantitative estimate of drug-likeness (QED) is 0.678. The number of rotatable bonds is 2. The molecule has 0 amide bonds. The number of hydrogen-bond donors (Lipinski definition) is 3. The summed E-state index contributed by atoms with van der Waals surface area (Å²) < 4.78 is 0. The standard InChI is InChI=1S/C18H14N6/c1-2-16-11(3-5-19-16)7-13(1)24-18-17-14(4-6-20-18)15(10-21-17)12-8-22-23-9-12/h1-10,14,19H,(H,20,24)(H,22,23). The van der Waals surface area contributed by atoms with E-state index in [0.29, 0.717) is 0 Å². The number of fused-ring (bicyclic) bond motifs is 2. The van der Waals surface area contributed by atoms with Gasteiger partial charge >= 0.3 is 0 Å². The Bertz CT molecular complexity index is 1030. The minimum Gasteiger partial charge on any atom is -0.361 e. The highest BCUT2D eigenvalue weighted by molar-refractivity contribution is 6.49. The lowest BCUT2D eigenvalue weighted by molar-refractivity contribution is 1.09. The average molecular weight is 314 g/mol. The lowest BCUT2D eigenvalue weighted by Gasteiger charge is -2.19. The first kappa shape index (κ1) is 13.1. The highest BCUT2D eigenvalue weighted by atomic mass is 15.1. The molecular formula is C18H14N6. The van der Waals surface area contributed by atoms with Gasteiger partial charge < -0.3 is 10.3 Å². The fourth-order valence-corrected chi connectivity index (χ4v) is 3.15. The largest absolute Gasteiger partial charge is 0.361 e. The minimum absolute atomic E-state index is 0.110. The molecule has 0 aliphatic carbocycles. The molecule has 0 saturated heterocycles. The Morgan fingerprint density at radius 1 is 1.12 bits per heavy atom. The highest BCUT2D eigenvalue weighted by Crippen LogP contribution is 2.32. The predicted octanol–water partition coefficient (Wildman–Crippen LogP) is 3.34. The van der Waals surface area contributed by atoms with Crippen LogP contribution in [0.1, 0.15) is 5.56 Å². The van der Waals surface area contributed by atoms with Crippen molar-refractivity contribution in [1.29, 1.82) is 0 Å². The average Bonchev–Trinajstić information content (AvgIpc) is 3.34. The third-order valence-corrected chi connectivity index (χ3v) is 4.34. The van der Waals surface area contributed by atoms with Crippen molar-refractivity contribution in [2.24, 2.45) is 15.9 Å². The van der Waals surface area contributed by atoms with Gasteiger partial charge in [0.15, 0.2) is 5.84 Å². The summed E-state index contributed by atoms with van der Waals surface area (Å²) in [6.07, 6.45) is 11.4. The van der Waals surface area contributed by atoms with E-state index in [4.69, 9.17) is 0 Å². The van der Waals surface area contributed by atoms with Gasteiger partial charge in [0.1, 0.15) is 0 Å². The first-order valence-electron chi connectivity index (χ1n) is 7.74. The van der Waals surface area contributed by atoms with Crippen LogP contribution < -0.4 is 5.32 Å². The van der Waals surface area contributed by atoms with Crippen LogP contribution in [0.25, 0.3) is 16.5 Å². The maximum absolute atomic E-state index is 4.59. The van der Waals surface area contributed by atoms with Gasteiger partial charge in [-0.2, -0.15) is 5.10 Å². The summed E-state index contributed by atoms with van der Waals surface area (Å²) in [6, 6.07) is 8.24. The molecule has 1 aromatic carbocycles. The van der Waals surface area contributed by atoms with E-state index in [-0.39, 0.29) is 5.92 Å². The van der Waals surface area contributed by atoms with E-state index >= 15 is 0 Å². The van der Waals surface area contributed by atoms with Gasteiger partial charge in [0.25, 0.3) is 0 Å². The highest BCUT2D eigenvalue weighted by Gasteiger charge is 2.29. The van der Waals surface area contributed by atoms with Gasteiger partial charge in [-0.3, -0.25) is 10.1 Å². The van der Waals surface area contributed by atoms with Gasteiger partial charge in [-0.05, 0) is 29.8 Å². The van der Waals surface area contributed by atoms with Crippen LogP contribution in [0.15, 0.2) is 71.3 Å². The number of aromatic amines is 2. The van der Waals surface area contributed by atoms with E-state index in [9.17, 15) is 0 Å². The van der Waals surface area contributed by atoms with Gasteiger partial charge in [0.05, 0.1) is 17.8 Å². The molecule has 2 aromatic heterocycles. The van der Waals surface area contributed by atoms with Crippen LogP contribution in [0.4, 0.5) is 5.69 Å². The number of allylic oxidation sites excluding steroid dienone is 2. The minimum atomic E-state index is 0.110. The molecule has 6 heteroatoms. The maximum atomic E-state index is 4.59. The summed E-state index contributed by atoms with van der Waals surface area (Å²) in [7, 11) is 0. The molecule has 6 nitrogen and oxygen atoms in total. The molecule has 0 spiro atoms. The molecule has 0 saturated carbocycles. The number of benzene rings is 1. The van der Waals surface area contributed by atoms with Crippen molar-refractivity contribution in [2.75, 3.05) is 5.32 Å². The lowest BCUT2D eigenvalue weighted by atomic mass is 9.91. The van der Waals surface area contributed by atoms with Crippen LogP contribution in [0.3, 0.4) is 0 Å². The van der Waals surface area contributed by atoms with E-state index in [1.54, 1.807) is 0 Å². The van der Waals surface area contributed by atoms with E-state index in [1.165, 1.54) is 0 Å². The number of anilines is 1. The Morgan fingerprint density at radius 2 is 2.12 bits per heavy atom. The van der Waals surface area contributed by atoms with E-state index in [1.807, 2.05) is 37.1 Å². The summed E-state index contributed by atoms with van der Waals surface area (Å²) in [5.41, 5.74) is 5.23. The predicted molar refractivity (Wildman–Crippen MR) is 96.0 cm³/mol. The zero-order valence-corrected chi connectivity index (χ0v) is 12.7. The molecule has 5 rings (SSSR count). The number of nitrogens with one attached hydrogen (secondary N) is 3. The molecule has 4 heterocycles. The fourth-order valence-electron chi connectivity index (χ4n) is 3.15. The molecule has 3 N–H and O–H groups in total. The molecule has 2 aliphatic rings. The van der Waals surface area contributed by atoms with Gasteiger partial charge in [0, 0.05) is 46.9 Å². The molecule has 3 aromatic rings. The van der Waals surface area contributed by atoms with Crippen molar-refractivity contribution in [3.63, 3.8) is 0 Å². The fraction of sp³-hybridized carbons (Fsp3) is 0.0556. The summed E-state index contributed by atoms with van der Waals surface area (Å²) >= 11 is 0. The number of aromatic nitrogens is 3. The molecule has 0 fully saturated rings. The first-order chi connectivity index (χ1) is 11.9. The zero-order chi connectivity index (χ0) is 15.9. The number of amidine groups is 1. The van der Waals surface area contributed by atoms with Crippen molar-refractivity contribution in [2.45, 2.75) is 0 Å². The summed E-state index contributed by atoms with van der Waals surface area (Å²) in [5.74, 6) is 0.894. The maximum Gasteiger partial charge on any atom is 0.153 e. The molecule has 1 unspecified atom stereocenters. The molecule has 0 radical (unpaired) electrons. The Labute approximate surface area is 137 Å². The van der Waals surface area contributed by atoms with Crippen molar-refractivity contribution < 1.29 is 0 Å². The van der Waals surface area contributed by atoms with Crippen LogP contribution in [0.2, 0.25) is 0 Å².